The van der Waals surface area contributed by atoms with E-state index in [1.165, 1.54) is 5.56 Å². The molecule has 0 spiro atoms. The molecule has 0 saturated heterocycles. The summed E-state index contributed by atoms with van der Waals surface area (Å²) in [7, 11) is 0. The largest absolute Gasteiger partial charge is 0.0955 e. The average Bonchev–Trinajstić information content (AvgIpc) is 2.52. The van der Waals surface area contributed by atoms with E-state index in [9.17, 15) is 0 Å². The molecule has 102 valence electrons. The van der Waals surface area contributed by atoms with Crippen LogP contribution in [0.4, 0.5) is 0 Å². The Hall–Kier alpha value is -2.78. The summed E-state index contributed by atoms with van der Waals surface area (Å²) in [5.41, 5.74) is 4.23. The van der Waals surface area contributed by atoms with Crippen molar-refractivity contribution in [2.75, 3.05) is 0 Å². The van der Waals surface area contributed by atoms with Crippen LogP contribution in [0.15, 0.2) is 90.5 Å². The van der Waals surface area contributed by atoms with Crippen LogP contribution in [-0.2, 0) is 0 Å². The molecule has 2 aromatic rings. The van der Waals surface area contributed by atoms with E-state index in [-0.39, 0.29) is 0 Å². The minimum atomic E-state index is 1.00. The van der Waals surface area contributed by atoms with Crippen LogP contribution in [0.2, 0.25) is 0 Å². The van der Waals surface area contributed by atoms with Gasteiger partial charge in [0.25, 0.3) is 0 Å². The number of rotatable bonds is 3. The van der Waals surface area contributed by atoms with Gasteiger partial charge in [-0.2, -0.15) is 0 Å². The van der Waals surface area contributed by atoms with Crippen molar-refractivity contribution in [1.82, 2.24) is 0 Å². The molecule has 0 heterocycles. The fourth-order valence-corrected chi connectivity index (χ4v) is 1.78. The summed E-state index contributed by atoms with van der Waals surface area (Å²) in [4.78, 5) is 0. The van der Waals surface area contributed by atoms with Crippen LogP contribution in [0, 0.1) is 11.8 Å². The predicted molar refractivity (Wildman–Crippen MR) is 91.7 cm³/mol. The first-order valence-corrected chi connectivity index (χ1v) is 6.91. The third-order valence-corrected chi connectivity index (χ3v) is 2.97. The van der Waals surface area contributed by atoms with E-state index >= 15 is 0 Å². The standard InChI is InChI=1S/C21H18/c1-18(2)21(17-16-20-12-7-4-8-13-20)15-9-14-19-10-5-3-6-11-19/h3-8,10-13,15-17H,1H2,2H3/b17-16+,21-15-. The molecule has 0 radical (unpaired) electrons. The first-order valence-electron chi connectivity index (χ1n) is 6.91. The first kappa shape index (κ1) is 14.6. The van der Waals surface area contributed by atoms with Gasteiger partial charge in [-0.15, -0.1) is 0 Å². The van der Waals surface area contributed by atoms with E-state index in [0.29, 0.717) is 0 Å². The van der Waals surface area contributed by atoms with Crippen molar-refractivity contribution in [3.05, 3.63) is 102 Å². The van der Waals surface area contributed by atoms with E-state index in [4.69, 9.17) is 0 Å². The third-order valence-electron chi connectivity index (χ3n) is 2.97. The third kappa shape index (κ3) is 5.01. The molecule has 2 rings (SSSR count). The highest BCUT2D eigenvalue weighted by Gasteiger charge is 1.92. The second kappa shape index (κ2) is 7.72. The van der Waals surface area contributed by atoms with Crippen LogP contribution < -0.4 is 0 Å². The quantitative estimate of drug-likeness (QED) is 0.527. The van der Waals surface area contributed by atoms with Gasteiger partial charge in [0, 0.05) is 5.56 Å². The Balaban J connectivity index is 2.16. The normalized spacial score (nSPS) is 11.0. The molecule has 0 amide bonds. The van der Waals surface area contributed by atoms with Crippen molar-refractivity contribution in [2.24, 2.45) is 0 Å². The van der Waals surface area contributed by atoms with Crippen LogP contribution in [0.5, 0.6) is 0 Å². The number of hydrogen-bond acceptors (Lipinski definition) is 0. The Morgan fingerprint density at radius 2 is 1.57 bits per heavy atom. The Labute approximate surface area is 127 Å². The molecule has 2 aromatic carbocycles. The van der Waals surface area contributed by atoms with E-state index in [1.54, 1.807) is 0 Å². The maximum Gasteiger partial charge on any atom is 0.0248 e. The monoisotopic (exact) mass is 270 g/mol. The van der Waals surface area contributed by atoms with E-state index in [1.807, 2.05) is 61.5 Å². The van der Waals surface area contributed by atoms with E-state index in [0.717, 1.165) is 16.7 Å². The number of benzene rings is 2. The molecule has 0 atom stereocenters. The summed E-state index contributed by atoms with van der Waals surface area (Å²) in [5, 5.41) is 0. The Morgan fingerprint density at radius 3 is 2.19 bits per heavy atom. The maximum atomic E-state index is 4.01. The van der Waals surface area contributed by atoms with E-state index < -0.39 is 0 Å². The highest BCUT2D eigenvalue weighted by molar-refractivity contribution is 5.57. The van der Waals surface area contributed by atoms with Crippen LogP contribution in [0.3, 0.4) is 0 Å². The highest BCUT2D eigenvalue weighted by Crippen LogP contribution is 2.11. The molecule has 0 nitrogen and oxygen atoms in total. The molecule has 0 aromatic heterocycles. The van der Waals surface area contributed by atoms with Gasteiger partial charge in [0.2, 0.25) is 0 Å². The second-order valence-corrected chi connectivity index (χ2v) is 4.76. The molecule has 21 heavy (non-hydrogen) atoms. The summed E-state index contributed by atoms with van der Waals surface area (Å²) >= 11 is 0. The van der Waals surface area contributed by atoms with Crippen molar-refractivity contribution in [3.8, 4) is 11.8 Å². The lowest BCUT2D eigenvalue weighted by atomic mass is 10.1. The molecule has 0 aliphatic heterocycles. The Morgan fingerprint density at radius 1 is 0.952 bits per heavy atom. The van der Waals surface area contributed by atoms with Crippen molar-refractivity contribution in [1.29, 1.82) is 0 Å². The predicted octanol–water partition coefficient (Wildman–Crippen LogP) is 5.25. The van der Waals surface area contributed by atoms with Crippen molar-refractivity contribution in [3.63, 3.8) is 0 Å². The molecular formula is C21H18. The molecule has 0 aliphatic rings. The topological polar surface area (TPSA) is 0 Å². The molecule has 0 saturated carbocycles. The lowest BCUT2D eigenvalue weighted by Crippen LogP contribution is -1.79. The molecule has 0 aliphatic carbocycles. The zero-order chi connectivity index (χ0) is 14.9. The molecular weight excluding hydrogens is 252 g/mol. The van der Waals surface area contributed by atoms with Gasteiger partial charge in [-0.3, -0.25) is 0 Å². The van der Waals surface area contributed by atoms with Gasteiger partial charge < -0.3 is 0 Å². The zero-order valence-electron chi connectivity index (χ0n) is 12.2. The molecule has 0 heteroatoms. The smallest absolute Gasteiger partial charge is 0.0248 e. The Bertz CT molecular complexity index is 705. The van der Waals surface area contributed by atoms with Crippen molar-refractivity contribution in [2.45, 2.75) is 6.92 Å². The summed E-state index contributed by atoms with van der Waals surface area (Å²) in [6, 6.07) is 20.2. The van der Waals surface area contributed by atoms with Crippen LogP contribution in [0.25, 0.3) is 6.08 Å². The molecule has 0 fully saturated rings. The fourth-order valence-electron chi connectivity index (χ4n) is 1.78. The minimum Gasteiger partial charge on any atom is -0.0955 e. The minimum absolute atomic E-state index is 1.00. The van der Waals surface area contributed by atoms with Crippen LogP contribution in [-0.4, -0.2) is 0 Å². The van der Waals surface area contributed by atoms with Gasteiger partial charge in [-0.25, -0.2) is 0 Å². The highest BCUT2D eigenvalue weighted by atomic mass is 14.0. The lowest BCUT2D eigenvalue weighted by Gasteiger charge is -1.98. The summed E-state index contributed by atoms with van der Waals surface area (Å²) in [6.07, 6.45) is 6.04. The Kier molecular flexibility index (Phi) is 5.38. The zero-order valence-corrected chi connectivity index (χ0v) is 12.2. The summed E-state index contributed by atoms with van der Waals surface area (Å²) in [5.74, 6) is 6.22. The summed E-state index contributed by atoms with van der Waals surface area (Å²) < 4.78 is 0. The SMILES string of the molecule is C=C(C)C(=C\C#Cc1ccccc1)/C=C/c1ccccc1. The molecule has 0 N–H and O–H groups in total. The van der Waals surface area contributed by atoms with Gasteiger partial charge >= 0.3 is 0 Å². The lowest BCUT2D eigenvalue weighted by molar-refractivity contribution is 1.46. The second-order valence-electron chi connectivity index (χ2n) is 4.76. The van der Waals surface area contributed by atoms with Crippen LogP contribution in [0.1, 0.15) is 18.1 Å². The average molecular weight is 270 g/mol. The fraction of sp³-hybridized carbons (Fsp3) is 0.0476. The van der Waals surface area contributed by atoms with Gasteiger partial charge in [-0.05, 0) is 36.3 Å². The van der Waals surface area contributed by atoms with Crippen LogP contribution >= 0.6 is 0 Å². The maximum absolute atomic E-state index is 4.01. The van der Waals surface area contributed by atoms with Gasteiger partial charge in [-0.1, -0.05) is 84.7 Å². The molecule has 0 bridgehead atoms. The van der Waals surface area contributed by atoms with Gasteiger partial charge in [0.15, 0.2) is 0 Å². The van der Waals surface area contributed by atoms with Gasteiger partial charge in [0.1, 0.15) is 0 Å². The molecule has 0 unspecified atom stereocenters. The first-order chi connectivity index (χ1) is 10.3. The van der Waals surface area contributed by atoms with Crippen molar-refractivity contribution >= 4 is 6.08 Å². The van der Waals surface area contributed by atoms with Crippen molar-refractivity contribution < 1.29 is 0 Å². The van der Waals surface area contributed by atoms with Gasteiger partial charge in [0.05, 0.1) is 0 Å². The summed E-state index contributed by atoms with van der Waals surface area (Å²) in [6.45, 7) is 6.00. The van der Waals surface area contributed by atoms with E-state index in [2.05, 4.69) is 42.7 Å². The number of allylic oxidation sites excluding steroid dienone is 4. The number of hydrogen-bond donors (Lipinski definition) is 0.